The summed E-state index contributed by atoms with van der Waals surface area (Å²) in [6, 6.07) is 19.2. The molecule has 0 saturated heterocycles. The van der Waals surface area contributed by atoms with Gasteiger partial charge in [0.15, 0.2) is 0 Å². The molecule has 0 bridgehead atoms. The Morgan fingerprint density at radius 1 is 1.03 bits per heavy atom. The van der Waals surface area contributed by atoms with Crippen molar-refractivity contribution in [1.82, 2.24) is 0 Å². The lowest BCUT2D eigenvalue weighted by atomic mass is 9.87. The van der Waals surface area contributed by atoms with E-state index in [9.17, 15) is 4.79 Å². The van der Waals surface area contributed by atoms with E-state index in [0.29, 0.717) is 28.0 Å². The van der Waals surface area contributed by atoms with Crippen LogP contribution in [-0.4, -0.2) is 12.6 Å². The van der Waals surface area contributed by atoms with Crippen molar-refractivity contribution in [2.24, 2.45) is 0 Å². The molecular formula is C25H22Cl2O3. The molecule has 3 aromatic rings. The van der Waals surface area contributed by atoms with Gasteiger partial charge in [-0.05, 0) is 84.8 Å². The van der Waals surface area contributed by atoms with Crippen LogP contribution in [0.3, 0.4) is 0 Å². The number of carbonyl (C=O) groups is 1. The van der Waals surface area contributed by atoms with Crippen LogP contribution in [0, 0.1) is 0 Å². The van der Waals surface area contributed by atoms with Gasteiger partial charge in [0.2, 0.25) is 0 Å². The summed E-state index contributed by atoms with van der Waals surface area (Å²) in [4.78, 5) is 12.1. The van der Waals surface area contributed by atoms with Crippen molar-refractivity contribution >= 4 is 29.2 Å². The summed E-state index contributed by atoms with van der Waals surface area (Å²) in [6.45, 7) is 2.16. The molecule has 5 heteroatoms. The third kappa shape index (κ3) is 4.48. The van der Waals surface area contributed by atoms with Crippen LogP contribution in [-0.2, 0) is 11.2 Å². The maximum atomic E-state index is 12.1. The van der Waals surface area contributed by atoms with Gasteiger partial charge in [-0.15, -0.1) is 0 Å². The maximum Gasteiger partial charge on any atom is 0.338 e. The van der Waals surface area contributed by atoms with Gasteiger partial charge in [-0.1, -0.05) is 47.5 Å². The Hall–Kier alpha value is -2.49. The first kappa shape index (κ1) is 20.8. The van der Waals surface area contributed by atoms with E-state index < -0.39 is 0 Å². The molecule has 0 aromatic heterocycles. The molecule has 0 saturated carbocycles. The van der Waals surface area contributed by atoms with Crippen LogP contribution in [0.1, 0.15) is 47.4 Å². The predicted octanol–water partition coefficient (Wildman–Crippen LogP) is 7.29. The third-order valence-electron chi connectivity index (χ3n) is 5.28. The third-order valence-corrected chi connectivity index (χ3v) is 5.81. The zero-order valence-electron chi connectivity index (χ0n) is 16.7. The number of ether oxygens (including phenoxy) is 2. The normalized spacial score (nSPS) is 15.4. The Morgan fingerprint density at radius 3 is 2.67 bits per heavy atom. The quantitative estimate of drug-likeness (QED) is 0.390. The first-order valence-electron chi connectivity index (χ1n) is 10.1. The lowest BCUT2D eigenvalue weighted by Crippen LogP contribution is -2.15. The summed E-state index contributed by atoms with van der Waals surface area (Å²) in [7, 11) is 0. The molecule has 1 aliphatic carbocycles. The minimum Gasteiger partial charge on any atom is -0.484 e. The highest BCUT2D eigenvalue weighted by Gasteiger charge is 2.23. The highest BCUT2D eigenvalue weighted by molar-refractivity contribution is 6.35. The Morgan fingerprint density at radius 2 is 1.87 bits per heavy atom. The topological polar surface area (TPSA) is 35.5 Å². The van der Waals surface area contributed by atoms with Crippen LogP contribution in [0.25, 0.3) is 11.1 Å². The van der Waals surface area contributed by atoms with Gasteiger partial charge in [-0.25, -0.2) is 4.79 Å². The van der Waals surface area contributed by atoms with Crippen molar-refractivity contribution in [1.29, 1.82) is 0 Å². The summed E-state index contributed by atoms with van der Waals surface area (Å²) in [5, 5.41) is 1.09. The first-order chi connectivity index (χ1) is 14.5. The number of benzene rings is 3. The summed E-state index contributed by atoms with van der Waals surface area (Å²) < 4.78 is 11.4. The van der Waals surface area contributed by atoms with Crippen LogP contribution in [0.4, 0.5) is 0 Å². The molecule has 0 fully saturated rings. The first-order valence-corrected chi connectivity index (χ1v) is 10.8. The monoisotopic (exact) mass is 440 g/mol. The van der Waals surface area contributed by atoms with Gasteiger partial charge in [0.1, 0.15) is 11.9 Å². The van der Waals surface area contributed by atoms with E-state index in [1.54, 1.807) is 25.1 Å². The zero-order valence-corrected chi connectivity index (χ0v) is 18.2. The van der Waals surface area contributed by atoms with E-state index in [2.05, 4.69) is 18.2 Å². The molecule has 0 amide bonds. The SMILES string of the molecule is CCOC(=O)c1cccc(-c2ccc3c(c2)C(Oc2ccc(Cl)cc2Cl)CCC3)c1. The second kappa shape index (κ2) is 9.11. The van der Waals surface area contributed by atoms with Gasteiger partial charge in [0.05, 0.1) is 17.2 Å². The van der Waals surface area contributed by atoms with Crippen molar-refractivity contribution in [3.63, 3.8) is 0 Å². The van der Waals surface area contributed by atoms with Gasteiger partial charge in [-0.3, -0.25) is 0 Å². The highest BCUT2D eigenvalue weighted by Crippen LogP contribution is 2.38. The standard InChI is InChI=1S/C25H22Cl2O3/c1-2-29-25(28)19-7-3-6-17(13-19)18-10-9-16-5-4-8-23(21(16)14-18)30-24-12-11-20(26)15-22(24)27/h3,6-7,9-15,23H,2,4-5,8H2,1H3. The van der Waals surface area contributed by atoms with E-state index in [-0.39, 0.29) is 12.1 Å². The molecule has 30 heavy (non-hydrogen) atoms. The molecule has 3 nitrogen and oxygen atoms in total. The molecule has 154 valence electrons. The van der Waals surface area contributed by atoms with Crippen LogP contribution in [0.5, 0.6) is 5.75 Å². The molecule has 0 heterocycles. The minimum absolute atomic E-state index is 0.0828. The minimum atomic E-state index is -0.309. The lowest BCUT2D eigenvalue weighted by molar-refractivity contribution is 0.0526. The summed E-state index contributed by atoms with van der Waals surface area (Å²) >= 11 is 12.3. The number of halogens is 2. The molecule has 1 unspecified atom stereocenters. The lowest BCUT2D eigenvalue weighted by Gasteiger charge is -2.27. The second-order valence-corrected chi connectivity index (χ2v) is 8.13. The van der Waals surface area contributed by atoms with Crippen LogP contribution in [0.2, 0.25) is 10.0 Å². The van der Waals surface area contributed by atoms with E-state index >= 15 is 0 Å². The van der Waals surface area contributed by atoms with E-state index in [0.717, 1.165) is 36.0 Å². The number of hydrogen-bond acceptors (Lipinski definition) is 3. The average molecular weight is 441 g/mol. The highest BCUT2D eigenvalue weighted by atomic mass is 35.5. The maximum absolute atomic E-state index is 12.1. The van der Waals surface area contributed by atoms with Crippen molar-refractivity contribution in [2.45, 2.75) is 32.3 Å². The number of esters is 1. The number of hydrogen-bond donors (Lipinski definition) is 0. The Kier molecular flexibility index (Phi) is 6.31. The Labute approximate surface area is 186 Å². The van der Waals surface area contributed by atoms with E-state index in [1.165, 1.54) is 5.56 Å². The summed E-state index contributed by atoms with van der Waals surface area (Å²) in [6.07, 6.45) is 2.91. The Bertz CT molecular complexity index is 1080. The van der Waals surface area contributed by atoms with Crippen molar-refractivity contribution in [3.05, 3.63) is 87.4 Å². The fourth-order valence-corrected chi connectivity index (χ4v) is 4.27. The second-order valence-electron chi connectivity index (χ2n) is 7.29. The fourth-order valence-electron chi connectivity index (χ4n) is 3.82. The average Bonchev–Trinajstić information content (AvgIpc) is 2.76. The molecule has 1 atom stereocenters. The van der Waals surface area contributed by atoms with Gasteiger partial charge in [-0.2, -0.15) is 0 Å². The molecule has 1 aliphatic rings. The van der Waals surface area contributed by atoms with E-state index in [1.807, 2.05) is 24.3 Å². The van der Waals surface area contributed by atoms with Crippen molar-refractivity contribution < 1.29 is 14.3 Å². The van der Waals surface area contributed by atoms with Crippen molar-refractivity contribution in [2.75, 3.05) is 6.61 Å². The number of fused-ring (bicyclic) bond motifs is 1. The molecular weight excluding hydrogens is 419 g/mol. The molecule has 0 N–H and O–H groups in total. The summed E-state index contributed by atoms with van der Waals surface area (Å²) in [5.41, 5.74) is 5.00. The number of carbonyl (C=O) groups excluding carboxylic acids is 1. The predicted molar refractivity (Wildman–Crippen MR) is 121 cm³/mol. The molecule has 3 aromatic carbocycles. The van der Waals surface area contributed by atoms with Crippen LogP contribution >= 0.6 is 23.2 Å². The molecule has 0 spiro atoms. The van der Waals surface area contributed by atoms with Gasteiger partial charge in [0.25, 0.3) is 0 Å². The number of aryl methyl sites for hydroxylation is 1. The van der Waals surface area contributed by atoms with Crippen LogP contribution < -0.4 is 4.74 Å². The number of rotatable bonds is 5. The largest absolute Gasteiger partial charge is 0.484 e. The molecule has 4 rings (SSSR count). The smallest absolute Gasteiger partial charge is 0.338 e. The zero-order chi connectivity index (χ0) is 21.1. The van der Waals surface area contributed by atoms with E-state index in [4.69, 9.17) is 32.7 Å². The molecule has 0 aliphatic heterocycles. The van der Waals surface area contributed by atoms with Gasteiger partial charge < -0.3 is 9.47 Å². The van der Waals surface area contributed by atoms with Crippen molar-refractivity contribution in [3.8, 4) is 16.9 Å². The summed E-state index contributed by atoms with van der Waals surface area (Å²) in [5.74, 6) is 0.324. The molecule has 0 radical (unpaired) electrons. The Balaban J connectivity index is 1.66. The fraction of sp³-hybridized carbons (Fsp3) is 0.240. The van der Waals surface area contributed by atoms with Crippen LogP contribution in [0.15, 0.2) is 60.7 Å². The van der Waals surface area contributed by atoms with Gasteiger partial charge >= 0.3 is 5.97 Å². The van der Waals surface area contributed by atoms with Gasteiger partial charge in [0, 0.05) is 5.02 Å².